The maximum atomic E-state index is 7.46. The van der Waals surface area contributed by atoms with Crippen molar-refractivity contribution in [2.75, 3.05) is 6.61 Å². The summed E-state index contributed by atoms with van der Waals surface area (Å²) >= 11 is 0. The van der Waals surface area contributed by atoms with E-state index in [0.29, 0.717) is 0 Å². The summed E-state index contributed by atoms with van der Waals surface area (Å²) in [5.74, 6) is 0. The molecule has 0 fully saturated rings. The Balaban J connectivity index is 0. The Kier molecular flexibility index (Phi) is 15.5. The molecule has 0 bridgehead atoms. The molecule has 0 heterocycles. The number of rotatable bonds is 0. The van der Waals surface area contributed by atoms with Crippen LogP contribution in [0.1, 0.15) is 0 Å². The summed E-state index contributed by atoms with van der Waals surface area (Å²) in [5, 5.41) is 7.46. The molecule has 0 atom stereocenters. The van der Waals surface area contributed by atoms with Crippen LogP contribution in [0.2, 0.25) is 0 Å². The Morgan fingerprint density at radius 1 is 1.20 bits per heavy atom. The molecule has 0 amide bonds. The molecular weight excluding hydrogens is 201 g/mol. The Morgan fingerprint density at radius 3 is 1.70 bits per heavy atom. The van der Waals surface area contributed by atoms with Crippen molar-refractivity contribution >= 4 is 0 Å². The van der Waals surface area contributed by atoms with Gasteiger partial charge in [-0.15, -0.1) is 0 Å². The topological polar surface area (TPSA) is 20.2 Å². The van der Waals surface area contributed by atoms with Crippen LogP contribution >= 0.6 is 0 Å². The summed E-state index contributed by atoms with van der Waals surface area (Å²) in [7, 11) is 0. The van der Waals surface area contributed by atoms with Gasteiger partial charge in [-0.25, -0.2) is 0 Å². The SMILES string of the molecule is [CH2-]CO.[Y].[c-]1ccccc1. The number of benzene rings is 1. The van der Waals surface area contributed by atoms with Crippen LogP contribution in [0.15, 0.2) is 30.3 Å². The molecule has 1 nitrogen and oxygen atoms in total. The van der Waals surface area contributed by atoms with Gasteiger partial charge in [-0.2, -0.15) is 36.4 Å². The van der Waals surface area contributed by atoms with E-state index >= 15 is 0 Å². The van der Waals surface area contributed by atoms with Crippen LogP contribution in [-0.4, -0.2) is 11.7 Å². The van der Waals surface area contributed by atoms with E-state index in [0.717, 1.165) is 0 Å². The molecule has 0 saturated carbocycles. The van der Waals surface area contributed by atoms with E-state index in [1.54, 1.807) is 0 Å². The first-order valence-electron chi connectivity index (χ1n) is 2.73. The van der Waals surface area contributed by atoms with Gasteiger partial charge in [-0.3, -0.25) is 0 Å². The molecule has 0 aliphatic rings. The van der Waals surface area contributed by atoms with E-state index in [-0.39, 0.29) is 39.3 Å². The third kappa shape index (κ3) is 11.1. The summed E-state index contributed by atoms with van der Waals surface area (Å²) < 4.78 is 0. The van der Waals surface area contributed by atoms with Gasteiger partial charge >= 0.3 is 0 Å². The number of hydrogen-bond donors (Lipinski definition) is 1. The van der Waals surface area contributed by atoms with E-state index < -0.39 is 0 Å². The van der Waals surface area contributed by atoms with Gasteiger partial charge in [0.25, 0.3) is 0 Å². The van der Waals surface area contributed by atoms with Crippen LogP contribution < -0.4 is 0 Å². The number of hydrogen-bond acceptors (Lipinski definition) is 1. The fraction of sp³-hybridized carbons (Fsp3) is 0.125. The molecule has 0 aliphatic carbocycles. The Hall–Kier alpha value is 0.284. The zero-order valence-electron chi connectivity index (χ0n) is 5.83. The predicted octanol–water partition coefficient (Wildman–Crippen LogP) is 1.30. The smallest absolute Gasteiger partial charge is 0 e. The first-order chi connectivity index (χ1) is 4.41. The summed E-state index contributed by atoms with van der Waals surface area (Å²) in [6.07, 6.45) is 0. The van der Waals surface area contributed by atoms with Crippen molar-refractivity contribution in [3.63, 3.8) is 0 Å². The molecule has 1 N–H and O–H groups in total. The van der Waals surface area contributed by atoms with Gasteiger partial charge in [0.05, 0.1) is 0 Å². The summed E-state index contributed by atoms with van der Waals surface area (Å²) in [5.41, 5.74) is 0. The molecule has 1 rings (SSSR count). The minimum Gasteiger partial charge on any atom is -0.428 e. The van der Waals surface area contributed by atoms with Gasteiger partial charge in [0.15, 0.2) is 0 Å². The predicted molar refractivity (Wildman–Crippen MR) is 37.7 cm³/mol. The van der Waals surface area contributed by atoms with E-state index in [1.165, 1.54) is 0 Å². The van der Waals surface area contributed by atoms with Crippen LogP contribution in [-0.2, 0) is 32.7 Å². The number of aliphatic hydroxyl groups is 1. The maximum absolute atomic E-state index is 7.46. The zero-order chi connectivity index (χ0) is 6.95. The number of aliphatic hydroxyl groups excluding tert-OH is 1. The van der Waals surface area contributed by atoms with Crippen LogP contribution in [0.4, 0.5) is 0 Å². The van der Waals surface area contributed by atoms with Crippen molar-refractivity contribution < 1.29 is 37.8 Å². The average Bonchev–Trinajstić information content (AvgIpc) is 1.93. The molecule has 10 heavy (non-hydrogen) atoms. The molecular formula is C8H10OY-2. The van der Waals surface area contributed by atoms with Crippen LogP contribution in [0.3, 0.4) is 0 Å². The standard InChI is InChI=1S/C6H5.C2H5O.Y/c1-2-4-6-5-3-1;1-2-3;/h1-5H;3H,1-2H2;/q2*-1;. The molecule has 1 aromatic rings. The molecule has 0 aliphatic heterocycles. The Morgan fingerprint density at radius 2 is 1.60 bits per heavy atom. The van der Waals surface area contributed by atoms with Crippen LogP contribution in [0.5, 0.6) is 0 Å². The molecule has 1 aromatic carbocycles. The van der Waals surface area contributed by atoms with Crippen molar-refractivity contribution in [1.82, 2.24) is 0 Å². The van der Waals surface area contributed by atoms with E-state index in [2.05, 4.69) is 13.0 Å². The van der Waals surface area contributed by atoms with Gasteiger partial charge in [-0.05, 0) is 0 Å². The molecule has 0 aromatic heterocycles. The second-order valence-electron chi connectivity index (χ2n) is 1.30. The first kappa shape index (κ1) is 12.9. The van der Waals surface area contributed by atoms with Gasteiger partial charge in [0.1, 0.15) is 0 Å². The summed E-state index contributed by atoms with van der Waals surface area (Å²) in [6, 6.07) is 12.5. The second kappa shape index (κ2) is 12.0. The van der Waals surface area contributed by atoms with E-state index in [1.807, 2.05) is 30.3 Å². The second-order valence-corrected chi connectivity index (χ2v) is 1.30. The third-order valence-corrected chi connectivity index (χ3v) is 0.607. The van der Waals surface area contributed by atoms with Crippen molar-refractivity contribution in [3.8, 4) is 0 Å². The minimum absolute atomic E-state index is 0. The van der Waals surface area contributed by atoms with Crippen molar-refractivity contribution in [2.45, 2.75) is 0 Å². The fourth-order valence-electron chi connectivity index (χ4n) is 0.342. The third-order valence-electron chi connectivity index (χ3n) is 0.607. The van der Waals surface area contributed by atoms with E-state index in [4.69, 9.17) is 5.11 Å². The van der Waals surface area contributed by atoms with Gasteiger partial charge in [0.2, 0.25) is 0 Å². The minimum atomic E-state index is 0. The largest absolute Gasteiger partial charge is 0.428 e. The van der Waals surface area contributed by atoms with Crippen molar-refractivity contribution in [2.24, 2.45) is 0 Å². The monoisotopic (exact) mass is 211 g/mol. The molecule has 0 unspecified atom stereocenters. The Labute approximate surface area is 87.3 Å². The van der Waals surface area contributed by atoms with Gasteiger partial charge in [0, 0.05) is 32.7 Å². The molecule has 1 radical (unpaired) electrons. The van der Waals surface area contributed by atoms with Crippen LogP contribution in [0, 0.1) is 13.0 Å². The van der Waals surface area contributed by atoms with Crippen molar-refractivity contribution in [1.29, 1.82) is 0 Å². The first-order valence-corrected chi connectivity index (χ1v) is 2.73. The Bertz CT molecular complexity index is 92.1. The van der Waals surface area contributed by atoms with E-state index in [9.17, 15) is 0 Å². The quantitative estimate of drug-likeness (QED) is 0.641. The van der Waals surface area contributed by atoms with Gasteiger partial charge in [-0.1, -0.05) is 6.61 Å². The summed E-state index contributed by atoms with van der Waals surface area (Å²) in [4.78, 5) is 0. The fourth-order valence-corrected chi connectivity index (χ4v) is 0.342. The molecule has 53 valence electrons. The van der Waals surface area contributed by atoms with Crippen molar-refractivity contribution in [3.05, 3.63) is 43.3 Å². The zero-order valence-corrected chi connectivity index (χ0v) is 8.66. The van der Waals surface area contributed by atoms with Crippen LogP contribution in [0.25, 0.3) is 0 Å². The average molecular weight is 211 g/mol. The summed E-state index contributed by atoms with van der Waals surface area (Å²) in [6.45, 7) is 3.04. The molecule has 2 heteroatoms. The normalized spacial score (nSPS) is 6.60. The molecule has 0 spiro atoms. The maximum Gasteiger partial charge on any atom is 0 e. The molecule has 0 saturated heterocycles. The van der Waals surface area contributed by atoms with Gasteiger partial charge < -0.3 is 12.0 Å².